The number of nitrogens with zero attached hydrogens (tertiary/aromatic N) is 3. The minimum absolute atomic E-state index is 0.0229. The second-order valence-electron chi connectivity index (χ2n) is 10.4. The van der Waals surface area contributed by atoms with Gasteiger partial charge in [0.2, 0.25) is 0 Å². The van der Waals surface area contributed by atoms with Crippen molar-refractivity contribution < 1.29 is 5.11 Å². The summed E-state index contributed by atoms with van der Waals surface area (Å²) in [4.78, 5) is 5.23. The number of nitrogens with one attached hydrogen (secondary N) is 1. The molecule has 2 heterocycles. The van der Waals surface area contributed by atoms with Crippen LogP contribution in [-0.2, 0) is 6.42 Å². The van der Waals surface area contributed by atoms with E-state index in [1.807, 2.05) is 20.9 Å². The Morgan fingerprint density at radius 3 is 2.47 bits per heavy atom. The topological polar surface area (TPSA) is 42.0 Å². The van der Waals surface area contributed by atoms with Gasteiger partial charge in [0.25, 0.3) is 0 Å². The largest absolute Gasteiger partial charge is 0.387 e. The van der Waals surface area contributed by atoms with Crippen molar-refractivity contribution in [2.75, 3.05) is 13.6 Å². The van der Waals surface area contributed by atoms with E-state index in [4.69, 9.17) is 0 Å². The van der Waals surface area contributed by atoms with Gasteiger partial charge >= 0.3 is 0 Å². The molecule has 0 aliphatic carbocycles. The maximum Gasteiger partial charge on any atom is 0.106 e. The molecule has 3 rings (SSSR count). The van der Waals surface area contributed by atoms with E-state index >= 15 is 0 Å². The zero-order chi connectivity index (χ0) is 22.1. The number of hydrazine groups is 1. The molecule has 30 heavy (non-hydrogen) atoms. The molecule has 0 amide bonds. The number of hydrogen-bond donors (Lipinski definition) is 2. The molecule has 0 spiro atoms. The van der Waals surface area contributed by atoms with Crippen LogP contribution in [0.2, 0.25) is 0 Å². The average molecular weight is 417 g/mol. The van der Waals surface area contributed by atoms with Gasteiger partial charge in [0.05, 0.1) is 11.8 Å². The number of benzene rings is 1. The van der Waals surface area contributed by atoms with Gasteiger partial charge in [-0.3, -0.25) is 9.80 Å². The summed E-state index contributed by atoms with van der Waals surface area (Å²) in [6, 6.07) is 12.5. The lowest BCUT2D eigenvalue weighted by atomic mass is 9.97. The van der Waals surface area contributed by atoms with Gasteiger partial charge in [0.1, 0.15) is 6.17 Å². The van der Waals surface area contributed by atoms with Gasteiger partial charge in [-0.25, -0.2) is 10.4 Å². The third kappa shape index (κ3) is 5.25. The molecule has 2 saturated heterocycles. The molecule has 2 N–H and O–H groups in total. The van der Waals surface area contributed by atoms with Crippen molar-refractivity contribution in [2.45, 2.75) is 103 Å². The maximum absolute atomic E-state index is 10.8. The normalized spacial score (nSPS) is 32.7. The molecule has 5 heteroatoms. The molecular formula is C25H44N4O. The maximum atomic E-state index is 10.8. The first-order valence-electron chi connectivity index (χ1n) is 11.9. The first kappa shape index (κ1) is 23.7. The van der Waals surface area contributed by atoms with Gasteiger partial charge in [-0.1, -0.05) is 37.3 Å². The molecule has 0 bridgehead atoms. The summed E-state index contributed by atoms with van der Waals surface area (Å²) >= 11 is 0. The summed E-state index contributed by atoms with van der Waals surface area (Å²) < 4.78 is 0. The van der Waals surface area contributed by atoms with Crippen LogP contribution >= 0.6 is 0 Å². The lowest BCUT2D eigenvalue weighted by Gasteiger charge is -2.41. The number of likely N-dealkylation sites (tertiary alicyclic amines) is 1. The Kier molecular flexibility index (Phi) is 7.62. The molecule has 0 saturated carbocycles. The predicted octanol–water partition coefficient (Wildman–Crippen LogP) is 3.69. The summed E-state index contributed by atoms with van der Waals surface area (Å²) in [5, 5.41) is 12.9. The fourth-order valence-corrected chi connectivity index (χ4v) is 5.97. The van der Waals surface area contributed by atoms with Gasteiger partial charge in [0.15, 0.2) is 0 Å². The molecule has 2 aliphatic rings. The highest BCUT2D eigenvalue weighted by atomic mass is 16.3. The molecule has 2 fully saturated rings. The Morgan fingerprint density at radius 1 is 1.17 bits per heavy atom. The molecular weight excluding hydrogens is 372 g/mol. The molecule has 1 aromatic carbocycles. The van der Waals surface area contributed by atoms with E-state index < -0.39 is 5.60 Å². The van der Waals surface area contributed by atoms with Crippen LogP contribution in [0.15, 0.2) is 30.3 Å². The van der Waals surface area contributed by atoms with Crippen LogP contribution in [0, 0.1) is 5.92 Å². The Balaban J connectivity index is 1.64. The number of hydrogen-bond acceptors (Lipinski definition) is 5. The van der Waals surface area contributed by atoms with E-state index in [1.54, 1.807) is 0 Å². The van der Waals surface area contributed by atoms with E-state index in [0.717, 1.165) is 18.8 Å². The highest BCUT2D eigenvalue weighted by Crippen LogP contribution is 2.35. The third-order valence-corrected chi connectivity index (χ3v) is 7.43. The monoisotopic (exact) mass is 416 g/mol. The molecule has 6 unspecified atom stereocenters. The smallest absolute Gasteiger partial charge is 0.106 e. The van der Waals surface area contributed by atoms with Crippen LogP contribution in [0.3, 0.4) is 0 Å². The Labute approximate surface area is 184 Å². The Hall–Kier alpha value is -0.980. The van der Waals surface area contributed by atoms with E-state index in [-0.39, 0.29) is 12.3 Å². The molecule has 1 aromatic rings. The molecule has 170 valence electrons. The van der Waals surface area contributed by atoms with Crippen LogP contribution in [0.4, 0.5) is 0 Å². The van der Waals surface area contributed by atoms with Crippen molar-refractivity contribution in [3.63, 3.8) is 0 Å². The number of rotatable bonds is 8. The summed E-state index contributed by atoms with van der Waals surface area (Å²) in [5.41, 5.74) is 4.15. The van der Waals surface area contributed by atoms with Crippen molar-refractivity contribution >= 4 is 0 Å². The highest BCUT2D eigenvalue weighted by molar-refractivity contribution is 5.14. The summed E-state index contributed by atoms with van der Waals surface area (Å²) in [6.45, 7) is 14.4. The Morgan fingerprint density at radius 2 is 1.83 bits per heavy atom. The van der Waals surface area contributed by atoms with Gasteiger partial charge in [-0.05, 0) is 78.3 Å². The van der Waals surface area contributed by atoms with Gasteiger partial charge in [0, 0.05) is 25.2 Å². The zero-order valence-corrected chi connectivity index (χ0v) is 20.2. The molecule has 6 atom stereocenters. The van der Waals surface area contributed by atoms with Crippen LogP contribution in [0.5, 0.6) is 0 Å². The van der Waals surface area contributed by atoms with Crippen molar-refractivity contribution in [1.29, 1.82) is 0 Å². The molecule has 0 radical (unpaired) electrons. The van der Waals surface area contributed by atoms with E-state index in [2.05, 4.69) is 78.3 Å². The fourth-order valence-electron chi connectivity index (χ4n) is 5.97. The number of aliphatic hydroxyl groups is 1. The summed E-state index contributed by atoms with van der Waals surface area (Å²) in [7, 11) is 2.04. The van der Waals surface area contributed by atoms with Gasteiger partial charge in [-0.15, -0.1) is 0 Å². The zero-order valence-electron chi connectivity index (χ0n) is 20.2. The SMILES string of the molecule is CC1CC(CC(C)N2C(C)NN(C)C2C(C)(C)O)N(CCCc2ccccc2)C1C. The number of aryl methyl sites for hydroxylation is 1. The van der Waals surface area contributed by atoms with E-state index in [0.29, 0.717) is 18.1 Å². The fraction of sp³-hybridized carbons (Fsp3) is 0.760. The Bertz CT molecular complexity index is 661. The standard InChI is InChI=1S/C25H44N4O/c1-18-16-23(28(20(18)3)15-11-14-22-12-9-8-10-13-22)17-19(2)29-21(4)26-27(7)24(29)25(5,6)30/h8-10,12-13,18-21,23-24,26,30H,11,14-17H2,1-7H3. The van der Waals surface area contributed by atoms with Crippen molar-refractivity contribution in [3.05, 3.63) is 35.9 Å². The molecule has 0 aromatic heterocycles. The number of likely N-dealkylation sites (N-methyl/N-ethyl adjacent to an activating group) is 1. The van der Waals surface area contributed by atoms with Crippen LogP contribution in [-0.4, -0.2) is 69.6 Å². The highest BCUT2D eigenvalue weighted by Gasteiger charge is 2.46. The third-order valence-electron chi connectivity index (χ3n) is 7.43. The van der Waals surface area contributed by atoms with Crippen molar-refractivity contribution in [2.24, 2.45) is 5.92 Å². The molecule has 5 nitrogen and oxygen atoms in total. The summed E-state index contributed by atoms with van der Waals surface area (Å²) in [6.07, 6.45) is 4.98. The first-order valence-corrected chi connectivity index (χ1v) is 11.9. The lowest BCUT2D eigenvalue weighted by molar-refractivity contribution is -0.0735. The van der Waals surface area contributed by atoms with Crippen LogP contribution in [0.1, 0.15) is 66.4 Å². The van der Waals surface area contributed by atoms with Gasteiger partial charge in [-0.2, -0.15) is 0 Å². The lowest BCUT2D eigenvalue weighted by Crippen LogP contribution is -2.56. The van der Waals surface area contributed by atoms with Crippen molar-refractivity contribution in [1.82, 2.24) is 20.2 Å². The van der Waals surface area contributed by atoms with Crippen LogP contribution in [0.25, 0.3) is 0 Å². The summed E-state index contributed by atoms with van der Waals surface area (Å²) in [5.74, 6) is 0.737. The molecule has 2 aliphatic heterocycles. The van der Waals surface area contributed by atoms with Crippen LogP contribution < -0.4 is 5.43 Å². The van der Waals surface area contributed by atoms with E-state index in [1.165, 1.54) is 24.9 Å². The minimum Gasteiger partial charge on any atom is -0.387 e. The first-order chi connectivity index (χ1) is 14.1. The predicted molar refractivity (Wildman–Crippen MR) is 125 cm³/mol. The van der Waals surface area contributed by atoms with E-state index in [9.17, 15) is 5.11 Å². The average Bonchev–Trinajstić information content (AvgIpc) is 3.12. The van der Waals surface area contributed by atoms with Gasteiger partial charge < -0.3 is 5.11 Å². The second-order valence-corrected chi connectivity index (χ2v) is 10.4. The quantitative estimate of drug-likeness (QED) is 0.676. The second kappa shape index (κ2) is 9.66. The van der Waals surface area contributed by atoms with Crippen molar-refractivity contribution in [3.8, 4) is 0 Å². The minimum atomic E-state index is -0.785.